The number of fused-ring (bicyclic) bond motifs is 1. The Kier molecular flexibility index (Phi) is 1.65. The average Bonchev–Trinajstić information content (AvgIpc) is 2.88. The van der Waals surface area contributed by atoms with Gasteiger partial charge in [0.1, 0.15) is 6.10 Å². The predicted molar refractivity (Wildman–Crippen MR) is 48.6 cm³/mol. The fraction of sp³-hybridized carbons (Fsp3) is 0.700. The monoisotopic (exact) mass is 178 g/mol. The second kappa shape index (κ2) is 2.84. The molecule has 2 heterocycles. The summed E-state index contributed by atoms with van der Waals surface area (Å²) in [5.41, 5.74) is 2.92. The van der Waals surface area contributed by atoms with Gasteiger partial charge in [0.15, 0.2) is 0 Å². The minimum Gasteiger partial charge on any atom is -0.371 e. The molecule has 1 unspecified atom stereocenters. The smallest absolute Gasteiger partial charge is 0.100 e. The second-order valence-corrected chi connectivity index (χ2v) is 3.96. The quantitative estimate of drug-likeness (QED) is 0.636. The lowest BCUT2D eigenvalue weighted by Gasteiger charge is -2.12. The van der Waals surface area contributed by atoms with Crippen molar-refractivity contribution in [3.63, 3.8) is 0 Å². The molecule has 0 radical (unpaired) electrons. The fourth-order valence-corrected chi connectivity index (χ4v) is 2.08. The van der Waals surface area contributed by atoms with Crippen molar-refractivity contribution in [2.24, 2.45) is 0 Å². The molecule has 1 fully saturated rings. The van der Waals surface area contributed by atoms with E-state index in [9.17, 15) is 0 Å². The van der Waals surface area contributed by atoms with E-state index in [2.05, 4.69) is 9.78 Å². The summed E-state index contributed by atoms with van der Waals surface area (Å²) in [5, 5.41) is 4.41. The molecule has 3 rings (SSSR count). The van der Waals surface area contributed by atoms with Crippen LogP contribution in [-0.4, -0.2) is 22.5 Å². The molecule has 0 N–H and O–H groups in total. The van der Waals surface area contributed by atoms with Gasteiger partial charge in [-0.05, 0) is 31.2 Å². The van der Waals surface area contributed by atoms with Crippen molar-refractivity contribution >= 4 is 0 Å². The number of ether oxygens (including phenoxy) is 1. The summed E-state index contributed by atoms with van der Waals surface area (Å²) in [7, 11) is 0. The molecule has 1 aliphatic carbocycles. The topological polar surface area (TPSA) is 30.4 Å². The zero-order chi connectivity index (χ0) is 8.67. The van der Waals surface area contributed by atoms with Gasteiger partial charge in [-0.25, -0.2) is 0 Å². The summed E-state index contributed by atoms with van der Waals surface area (Å²) < 4.78 is 7.36. The Morgan fingerprint density at radius 2 is 2.31 bits per heavy atom. The molecule has 0 aromatic carbocycles. The molecule has 0 amide bonds. The number of epoxide rings is 1. The van der Waals surface area contributed by atoms with Crippen molar-refractivity contribution in [1.29, 1.82) is 0 Å². The van der Waals surface area contributed by atoms with Gasteiger partial charge in [-0.3, -0.25) is 4.68 Å². The lowest BCUT2D eigenvalue weighted by Crippen LogP contribution is -2.12. The minimum atomic E-state index is 0.450. The highest BCUT2D eigenvalue weighted by atomic mass is 16.6. The molecule has 1 aliphatic heterocycles. The highest BCUT2D eigenvalue weighted by Gasteiger charge is 2.25. The minimum absolute atomic E-state index is 0.450. The van der Waals surface area contributed by atoms with Gasteiger partial charge in [0, 0.05) is 5.69 Å². The fourth-order valence-electron chi connectivity index (χ4n) is 2.08. The van der Waals surface area contributed by atoms with Crippen molar-refractivity contribution in [3.05, 3.63) is 17.5 Å². The summed E-state index contributed by atoms with van der Waals surface area (Å²) >= 11 is 0. The van der Waals surface area contributed by atoms with Crippen LogP contribution in [-0.2, 0) is 24.1 Å². The van der Waals surface area contributed by atoms with E-state index in [0.717, 1.165) is 13.2 Å². The Morgan fingerprint density at radius 1 is 1.46 bits per heavy atom. The molecule has 1 atom stereocenters. The van der Waals surface area contributed by atoms with Crippen LogP contribution in [0, 0.1) is 0 Å². The zero-order valence-electron chi connectivity index (χ0n) is 7.70. The molecule has 3 nitrogen and oxygen atoms in total. The largest absolute Gasteiger partial charge is 0.371 e. The third-order valence-electron chi connectivity index (χ3n) is 2.92. The summed E-state index contributed by atoms with van der Waals surface area (Å²) in [6.45, 7) is 1.89. The van der Waals surface area contributed by atoms with Gasteiger partial charge in [-0.2, -0.15) is 5.10 Å². The van der Waals surface area contributed by atoms with E-state index in [1.165, 1.54) is 36.9 Å². The van der Waals surface area contributed by atoms with E-state index in [1.54, 1.807) is 0 Å². The summed E-state index contributed by atoms with van der Waals surface area (Å²) in [4.78, 5) is 0. The third-order valence-corrected chi connectivity index (χ3v) is 2.92. The maximum absolute atomic E-state index is 5.21. The number of nitrogens with zero attached hydrogens (tertiary/aromatic N) is 2. The van der Waals surface area contributed by atoms with E-state index in [1.807, 2.05) is 6.20 Å². The first-order valence-corrected chi connectivity index (χ1v) is 5.08. The Morgan fingerprint density at radius 3 is 3.15 bits per heavy atom. The Labute approximate surface area is 77.7 Å². The van der Waals surface area contributed by atoms with Crippen LogP contribution < -0.4 is 0 Å². The highest BCUT2D eigenvalue weighted by Crippen LogP contribution is 2.22. The molecule has 1 saturated heterocycles. The standard InChI is InChI=1S/C10H14N2O/c1-2-4-10-8(3-1)5-11-12(10)6-9-7-13-9/h5,9H,1-4,6-7H2. The molecule has 0 spiro atoms. The molecule has 0 bridgehead atoms. The lowest BCUT2D eigenvalue weighted by atomic mass is 9.98. The first-order chi connectivity index (χ1) is 6.43. The molecule has 1 aromatic heterocycles. The van der Waals surface area contributed by atoms with Crippen LogP contribution in [0.4, 0.5) is 0 Å². The molecule has 1 aromatic rings. The van der Waals surface area contributed by atoms with Crippen molar-refractivity contribution in [3.8, 4) is 0 Å². The molecular weight excluding hydrogens is 164 g/mol. The van der Waals surface area contributed by atoms with Gasteiger partial charge >= 0.3 is 0 Å². The molecule has 2 aliphatic rings. The van der Waals surface area contributed by atoms with Crippen molar-refractivity contribution in [2.45, 2.75) is 38.3 Å². The van der Waals surface area contributed by atoms with Crippen molar-refractivity contribution < 1.29 is 4.74 Å². The number of rotatable bonds is 2. The van der Waals surface area contributed by atoms with Gasteiger partial charge < -0.3 is 4.74 Å². The molecule has 3 heteroatoms. The van der Waals surface area contributed by atoms with E-state index >= 15 is 0 Å². The van der Waals surface area contributed by atoms with Crippen molar-refractivity contribution in [1.82, 2.24) is 9.78 Å². The van der Waals surface area contributed by atoms with Crippen LogP contribution in [0.3, 0.4) is 0 Å². The van der Waals surface area contributed by atoms with Gasteiger partial charge in [0.05, 0.1) is 19.3 Å². The number of hydrogen-bond donors (Lipinski definition) is 0. The van der Waals surface area contributed by atoms with Crippen LogP contribution in [0.1, 0.15) is 24.1 Å². The molecule has 13 heavy (non-hydrogen) atoms. The molecular formula is C10H14N2O. The second-order valence-electron chi connectivity index (χ2n) is 3.96. The highest BCUT2D eigenvalue weighted by molar-refractivity contribution is 5.20. The first-order valence-electron chi connectivity index (χ1n) is 5.08. The predicted octanol–water partition coefficient (Wildman–Crippen LogP) is 1.16. The van der Waals surface area contributed by atoms with Crippen LogP contribution in [0.5, 0.6) is 0 Å². The Hall–Kier alpha value is -0.830. The van der Waals surface area contributed by atoms with Gasteiger partial charge in [0.2, 0.25) is 0 Å². The Bertz CT molecular complexity index is 315. The maximum Gasteiger partial charge on any atom is 0.100 e. The van der Waals surface area contributed by atoms with E-state index < -0.39 is 0 Å². The number of aromatic nitrogens is 2. The molecule has 0 saturated carbocycles. The number of aryl methyl sites for hydroxylation is 1. The third kappa shape index (κ3) is 1.37. The van der Waals surface area contributed by atoms with Crippen LogP contribution >= 0.6 is 0 Å². The van der Waals surface area contributed by atoms with Gasteiger partial charge in [-0.15, -0.1) is 0 Å². The van der Waals surface area contributed by atoms with E-state index in [-0.39, 0.29) is 0 Å². The van der Waals surface area contributed by atoms with Crippen LogP contribution in [0.2, 0.25) is 0 Å². The van der Waals surface area contributed by atoms with E-state index in [0.29, 0.717) is 6.10 Å². The lowest BCUT2D eigenvalue weighted by molar-refractivity contribution is 0.369. The van der Waals surface area contributed by atoms with E-state index in [4.69, 9.17) is 4.74 Å². The summed E-state index contributed by atoms with van der Waals surface area (Å²) in [6.07, 6.45) is 7.58. The van der Waals surface area contributed by atoms with Crippen LogP contribution in [0.15, 0.2) is 6.20 Å². The summed E-state index contributed by atoms with van der Waals surface area (Å²) in [5.74, 6) is 0. The normalized spacial score (nSPS) is 25.7. The average molecular weight is 178 g/mol. The maximum atomic E-state index is 5.21. The number of hydrogen-bond acceptors (Lipinski definition) is 2. The Balaban J connectivity index is 1.86. The SMILES string of the molecule is c1nn(CC2CO2)c2c1CCCC2. The van der Waals surface area contributed by atoms with Gasteiger partial charge in [-0.1, -0.05) is 0 Å². The van der Waals surface area contributed by atoms with Crippen molar-refractivity contribution in [2.75, 3.05) is 6.61 Å². The zero-order valence-corrected chi connectivity index (χ0v) is 7.70. The van der Waals surface area contributed by atoms with Crippen LogP contribution in [0.25, 0.3) is 0 Å². The molecule has 70 valence electrons. The van der Waals surface area contributed by atoms with Gasteiger partial charge in [0.25, 0.3) is 0 Å². The first kappa shape index (κ1) is 7.56. The summed E-state index contributed by atoms with van der Waals surface area (Å²) in [6, 6.07) is 0.